The van der Waals surface area contributed by atoms with E-state index in [1.807, 2.05) is 270 Å². The zero-order chi connectivity index (χ0) is 94.0. The van der Waals surface area contributed by atoms with Crippen molar-refractivity contribution in [3.63, 3.8) is 0 Å². The van der Waals surface area contributed by atoms with Crippen LogP contribution >= 0.6 is 23.2 Å². The van der Waals surface area contributed by atoms with Crippen LogP contribution in [0.2, 0.25) is 10.0 Å². The first-order valence-electron chi connectivity index (χ1n) is 44.0. The molecular formula is C113H115Cl2NO16. The quantitative estimate of drug-likeness (QED) is 0.0467. The monoisotopic (exact) mass is 1810 g/mol. The summed E-state index contributed by atoms with van der Waals surface area (Å²) in [5.41, 5.74) is 14.0. The zero-order valence-corrected chi connectivity index (χ0v) is 78.2. The molecule has 1 aliphatic carbocycles. The molecular weight excluding hydrogens is 1700 g/mol. The number of nitrogens with one attached hydrogen (secondary N) is 1. The molecule has 3 saturated heterocycles. The van der Waals surface area contributed by atoms with Gasteiger partial charge in [0.05, 0.1) is 81.3 Å². The fraction of sp³-hybridized carbons (Fsp3) is 0.257. The fourth-order valence-corrected chi connectivity index (χ4v) is 17.0. The van der Waals surface area contributed by atoms with Gasteiger partial charge in [0.1, 0.15) is 57.6 Å². The Kier molecular flexibility index (Phi) is 37.8. The van der Waals surface area contributed by atoms with Crippen LogP contribution in [0, 0.1) is 25.7 Å². The summed E-state index contributed by atoms with van der Waals surface area (Å²) in [6.07, 6.45) is 12.4. The Bertz CT molecular complexity index is 5600. The van der Waals surface area contributed by atoms with Gasteiger partial charge in [0.25, 0.3) is 0 Å². The van der Waals surface area contributed by atoms with E-state index in [0.717, 1.165) is 96.6 Å². The summed E-state index contributed by atoms with van der Waals surface area (Å²) in [7, 11) is 13.1. The van der Waals surface area contributed by atoms with Gasteiger partial charge in [-0.25, -0.2) is 0 Å². The molecule has 12 aromatic carbocycles. The maximum Gasteiger partial charge on any atom is 0.185 e. The molecule has 132 heavy (non-hydrogen) atoms. The van der Waals surface area contributed by atoms with Crippen LogP contribution in [0.25, 0.3) is 18.2 Å². The van der Waals surface area contributed by atoms with Crippen molar-refractivity contribution in [1.82, 2.24) is 5.32 Å². The number of piperidine rings is 1. The Morgan fingerprint density at radius 3 is 1.07 bits per heavy atom. The summed E-state index contributed by atoms with van der Waals surface area (Å²) >= 11 is 12.4. The smallest absolute Gasteiger partial charge is 0.185 e. The molecule has 0 aromatic heterocycles. The highest BCUT2D eigenvalue weighted by molar-refractivity contribution is 6.31. The SMILES string of the molecule is COc1ccc(/C=C/C(=O)/C=C/c2ccc(C)cc2)cc1.COc1ccc(/C=C/C(=O)c2ccccc2)cc1OC.COc1ccc(C2NC(c3ccc(C)cc3)C(C)C(=O)C2C)cc1.COc1ccccc1C1CC(=O)CC(c2ccccc2OC)O1.COc1ccccc1[C@@H]1CC(=O)C[C@@H](c2ccccc2OC)C1.O=C1C[C@@H](c2ccccc2Cl)O[C@H](c2ccccc2Cl)C1. The van der Waals surface area contributed by atoms with Crippen LogP contribution in [0.15, 0.2) is 309 Å². The van der Waals surface area contributed by atoms with E-state index in [4.69, 9.17) is 70.6 Å². The number of allylic oxidation sites excluding steroid dienone is 3. The van der Waals surface area contributed by atoms with Crippen molar-refractivity contribution in [3.8, 4) is 46.0 Å². The second kappa shape index (κ2) is 50.2. The summed E-state index contributed by atoms with van der Waals surface area (Å²) < 4.78 is 54.8. The third kappa shape index (κ3) is 27.9. The number of benzene rings is 12. The van der Waals surface area contributed by atoms with Gasteiger partial charge in [0, 0.05) is 89.2 Å². The molecule has 0 amide bonds. The summed E-state index contributed by atoms with van der Waals surface area (Å²) in [6, 6.07) is 93.1. The lowest BCUT2D eigenvalue weighted by Gasteiger charge is -2.39. The van der Waals surface area contributed by atoms with Crippen molar-refractivity contribution < 1.29 is 76.1 Å². The second-order valence-corrected chi connectivity index (χ2v) is 33.2. The van der Waals surface area contributed by atoms with Gasteiger partial charge in [-0.1, -0.05) is 285 Å². The zero-order valence-electron chi connectivity index (χ0n) is 76.7. The molecule has 17 nitrogen and oxygen atoms in total. The number of methoxy groups -OCH3 is 8. The number of aryl methyl sites for hydroxylation is 2. The van der Waals surface area contributed by atoms with E-state index in [2.05, 4.69) is 48.6 Å². The first-order valence-corrected chi connectivity index (χ1v) is 44.8. The summed E-state index contributed by atoms with van der Waals surface area (Å²) in [6.45, 7) is 8.16. The van der Waals surface area contributed by atoms with Crippen LogP contribution < -0.4 is 43.2 Å². The first-order chi connectivity index (χ1) is 64.0. The number of rotatable bonds is 23. The molecule has 10 atom stereocenters. The van der Waals surface area contributed by atoms with Gasteiger partial charge >= 0.3 is 0 Å². The lowest BCUT2D eigenvalue weighted by atomic mass is 9.74. The highest BCUT2D eigenvalue weighted by Gasteiger charge is 2.41. The molecule has 0 spiro atoms. The van der Waals surface area contributed by atoms with E-state index in [1.165, 1.54) is 16.7 Å². The number of ether oxygens (including phenoxy) is 10. The predicted molar refractivity (Wildman–Crippen MR) is 524 cm³/mol. The number of carbonyl (C=O) groups is 6. The van der Waals surface area contributed by atoms with Crippen LogP contribution in [0.1, 0.15) is 190 Å². The topological polar surface area (TPSA) is 207 Å². The first kappa shape index (κ1) is 99.3. The Morgan fingerprint density at radius 2 is 0.659 bits per heavy atom. The highest BCUT2D eigenvalue weighted by Crippen LogP contribution is 2.47. The number of hydrogen-bond donors (Lipinski definition) is 1. The molecule has 19 heteroatoms. The van der Waals surface area contributed by atoms with Crippen LogP contribution in [0.3, 0.4) is 0 Å². The average Bonchev–Trinajstić information content (AvgIpc) is 0.781. The van der Waals surface area contributed by atoms with Crippen molar-refractivity contribution in [2.75, 3.05) is 56.9 Å². The third-order valence-corrected chi connectivity index (χ3v) is 24.3. The van der Waals surface area contributed by atoms with Crippen LogP contribution in [-0.2, 0) is 33.4 Å². The number of Topliss-reactive ketones (excluding diaryl/α,β-unsaturated/α-hetero) is 4. The normalized spacial score (nSPS) is 19.2. The van der Waals surface area contributed by atoms with Crippen LogP contribution in [0.4, 0.5) is 0 Å². The van der Waals surface area contributed by atoms with Gasteiger partial charge in [-0.15, -0.1) is 0 Å². The Hall–Kier alpha value is -13.3. The molecule has 3 aliphatic heterocycles. The Labute approximate surface area is 785 Å². The Morgan fingerprint density at radius 1 is 0.333 bits per heavy atom. The summed E-state index contributed by atoms with van der Waals surface area (Å²) in [5, 5.41) is 4.95. The van der Waals surface area contributed by atoms with Crippen molar-refractivity contribution >= 4 is 76.1 Å². The molecule has 4 fully saturated rings. The summed E-state index contributed by atoms with van der Waals surface area (Å²) in [4.78, 5) is 73.3. The molecule has 682 valence electrons. The van der Waals surface area contributed by atoms with E-state index < -0.39 is 0 Å². The minimum Gasteiger partial charge on any atom is -0.497 e. The van der Waals surface area contributed by atoms with E-state index in [0.29, 0.717) is 77.2 Å². The maximum atomic E-state index is 12.8. The van der Waals surface area contributed by atoms with Crippen molar-refractivity contribution in [2.24, 2.45) is 11.8 Å². The Balaban J connectivity index is 0.000000153. The van der Waals surface area contributed by atoms with Gasteiger partial charge in [0.2, 0.25) is 0 Å². The molecule has 3 heterocycles. The van der Waals surface area contributed by atoms with E-state index in [9.17, 15) is 28.8 Å². The molecule has 16 rings (SSSR count). The molecule has 6 unspecified atom stereocenters. The van der Waals surface area contributed by atoms with Gasteiger partial charge in [-0.05, 0) is 173 Å². The lowest BCUT2D eigenvalue weighted by Crippen LogP contribution is -2.46. The van der Waals surface area contributed by atoms with Gasteiger partial charge in [-0.3, -0.25) is 28.8 Å². The van der Waals surface area contributed by atoms with Crippen molar-refractivity contribution in [1.29, 1.82) is 0 Å². The third-order valence-electron chi connectivity index (χ3n) is 23.6. The molecule has 12 aromatic rings. The maximum absolute atomic E-state index is 12.8. The van der Waals surface area contributed by atoms with E-state index in [-0.39, 0.29) is 83.3 Å². The number of halogens is 2. The van der Waals surface area contributed by atoms with Gasteiger partial charge in [0.15, 0.2) is 23.1 Å². The fourth-order valence-electron chi connectivity index (χ4n) is 16.5. The highest BCUT2D eigenvalue weighted by atomic mass is 35.5. The number of hydrogen-bond acceptors (Lipinski definition) is 17. The van der Waals surface area contributed by atoms with Gasteiger partial charge < -0.3 is 52.7 Å². The average molecular weight is 1810 g/mol. The van der Waals surface area contributed by atoms with Crippen molar-refractivity contribution in [2.45, 2.75) is 121 Å². The standard InChI is InChI=1S/C21H25NO2.C20H22O3.C19H20O4.C19H18O2.C17H14Cl2O2.C17H16O3/c1-13-5-7-16(8-6-13)19-14(2)21(23)15(3)20(22-19)17-9-11-18(24-4)12-10-17;1-22-19-9-5-3-7-17(19)14-11-15(13-16(21)12-14)18-8-4-6-10-20(18)23-2;1-21-16-9-5-3-7-14(16)18-11-13(20)12-19(23-18)15-8-4-6-10-17(15)22-2;1-15-3-5-16(6-4-15)7-11-18(20)12-8-17-9-13-19(21-2)14-10-17;18-14-7-3-1-5-12(14)16-9-11(20)10-17(21-16)13-6-2-4-8-15(13)19;1-19-16-11-9-13(12-17(16)20-2)8-10-15(18)14-6-4-3-5-7-14/h5-12,14-15,19-20,22H,1-4H3;3-10,14-15H,11-13H2,1-2H3;3-10,18-19H,11-12H2,1-2H3;3-14H,1-2H3;1-8,16-17H,9-10H2;3-12H,1-2H3/b;;;11-7+,12-8+;;10-8+/t;14-,15-;;;16-,17-;/m.0..0./s1. The minimum absolute atomic E-state index is 0.0194. The number of para-hydroxylation sites is 4. The molecule has 4 aliphatic rings. The number of ketones is 6. The second-order valence-electron chi connectivity index (χ2n) is 32.4. The number of carbonyl (C=O) groups excluding carboxylic acids is 6. The molecule has 1 saturated carbocycles. The summed E-state index contributed by atoms with van der Waals surface area (Å²) in [5.74, 6) is 7.38. The van der Waals surface area contributed by atoms with Crippen molar-refractivity contribution in [3.05, 3.63) is 397 Å². The molecule has 0 bridgehead atoms. The molecule has 0 radical (unpaired) electrons. The van der Waals surface area contributed by atoms with Crippen LogP contribution in [-0.4, -0.2) is 91.6 Å². The van der Waals surface area contributed by atoms with E-state index >= 15 is 0 Å². The predicted octanol–water partition coefficient (Wildman–Crippen LogP) is 25.5. The van der Waals surface area contributed by atoms with Crippen LogP contribution in [0.5, 0.6) is 46.0 Å². The largest absolute Gasteiger partial charge is 0.497 e. The van der Waals surface area contributed by atoms with Gasteiger partial charge in [-0.2, -0.15) is 0 Å². The minimum atomic E-state index is -0.318. The molecule has 1 N–H and O–H groups in total. The lowest BCUT2D eigenvalue weighted by molar-refractivity contribution is -0.137. The van der Waals surface area contributed by atoms with E-state index in [1.54, 1.807) is 99.4 Å².